The Kier molecular flexibility index (Phi) is 6.05. The SMILES string of the molecule is Cc1ccc(COc2c(I)cc(/C=C3/SC(=O)NC3=O)cc2I)cc1. The number of thioether (sulfide) groups is 1. The number of imide groups is 1. The molecular formula is C18H13I2NO3S. The second-order valence-electron chi connectivity index (χ2n) is 5.44. The third-order valence-corrected chi connectivity index (χ3v) is 5.88. The van der Waals surface area contributed by atoms with E-state index in [2.05, 4.69) is 81.7 Å². The molecule has 1 heterocycles. The van der Waals surface area contributed by atoms with Crippen LogP contribution in [0.25, 0.3) is 6.08 Å². The predicted molar refractivity (Wildman–Crippen MR) is 116 cm³/mol. The summed E-state index contributed by atoms with van der Waals surface area (Å²) in [5.74, 6) is 0.475. The lowest BCUT2D eigenvalue weighted by Gasteiger charge is -2.12. The van der Waals surface area contributed by atoms with Crippen LogP contribution in [0.3, 0.4) is 0 Å². The van der Waals surface area contributed by atoms with Crippen molar-refractivity contribution in [2.24, 2.45) is 0 Å². The zero-order valence-electron chi connectivity index (χ0n) is 13.1. The molecule has 0 radical (unpaired) electrons. The van der Waals surface area contributed by atoms with Gasteiger partial charge in [-0.05, 0) is 93.2 Å². The zero-order chi connectivity index (χ0) is 18.0. The second kappa shape index (κ2) is 8.09. The highest BCUT2D eigenvalue weighted by Crippen LogP contribution is 2.32. The summed E-state index contributed by atoms with van der Waals surface area (Å²) in [6.45, 7) is 2.56. The Bertz CT molecular complexity index is 855. The van der Waals surface area contributed by atoms with Gasteiger partial charge in [-0.2, -0.15) is 0 Å². The van der Waals surface area contributed by atoms with Gasteiger partial charge in [0.05, 0.1) is 12.0 Å². The van der Waals surface area contributed by atoms with Crippen molar-refractivity contribution < 1.29 is 14.3 Å². The monoisotopic (exact) mass is 577 g/mol. The van der Waals surface area contributed by atoms with Crippen molar-refractivity contribution in [1.82, 2.24) is 5.32 Å². The summed E-state index contributed by atoms with van der Waals surface area (Å²) in [5.41, 5.74) is 3.20. The van der Waals surface area contributed by atoms with E-state index in [1.807, 2.05) is 12.1 Å². The molecule has 0 saturated carbocycles. The molecule has 128 valence electrons. The minimum absolute atomic E-state index is 0.335. The van der Waals surface area contributed by atoms with Crippen LogP contribution >= 0.6 is 56.9 Å². The van der Waals surface area contributed by atoms with Crippen LogP contribution in [0.5, 0.6) is 5.75 Å². The molecular weight excluding hydrogens is 564 g/mol. The zero-order valence-corrected chi connectivity index (χ0v) is 18.3. The third-order valence-electron chi connectivity index (χ3n) is 3.46. The van der Waals surface area contributed by atoms with Crippen molar-refractivity contribution in [2.45, 2.75) is 13.5 Å². The Morgan fingerprint density at radius 1 is 1.12 bits per heavy atom. The van der Waals surface area contributed by atoms with E-state index in [1.54, 1.807) is 6.08 Å². The number of rotatable bonds is 4. The quantitative estimate of drug-likeness (QED) is 0.406. The molecule has 0 aliphatic carbocycles. The fourth-order valence-corrected chi connectivity index (χ4v) is 5.02. The van der Waals surface area contributed by atoms with E-state index >= 15 is 0 Å². The Balaban J connectivity index is 1.78. The molecule has 2 aromatic carbocycles. The van der Waals surface area contributed by atoms with Crippen LogP contribution in [-0.4, -0.2) is 11.1 Å². The van der Waals surface area contributed by atoms with Gasteiger partial charge in [0, 0.05) is 0 Å². The van der Waals surface area contributed by atoms with Gasteiger partial charge in [0.2, 0.25) is 0 Å². The van der Waals surface area contributed by atoms with E-state index < -0.39 is 0 Å². The Labute approximate surface area is 177 Å². The minimum Gasteiger partial charge on any atom is -0.487 e. The summed E-state index contributed by atoms with van der Waals surface area (Å²) >= 11 is 5.36. The van der Waals surface area contributed by atoms with Gasteiger partial charge in [0.1, 0.15) is 12.4 Å². The van der Waals surface area contributed by atoms with E-state index in [0.717, 1.165) is 35.8 Å². The Morgan fingerprint density at radius 3 is 2.32 bits per heavy atom. The molecule has 0 bridgehead atoms. The number of carbonyl (C=O) groups is 2. The van der Waals surface area contributed by atoms with Crippen LogP contribution in [0.4, 0.5) is 4.79 Å². The standard InChI is InChI=1S/C18H13I2NO3S/c1-10-2-4-11(5-3-10)9-24-16-13(19)6-12(7-14(16)20)8-15-17(22)21-18(23)25-15/h2-8H,9H2,1H3,(H,21,22,23)/b15-8+. The van der Waals surface area contributed by atoms with Crippen molar-refractivity contribution in [3.05, 3.63) is 65.1 Å². The first kappa shape index (κ1) is 18.7. The number of amides is 2. The number of nitrogens with one attached hydrogen (secondary N) is 1. The largest absolute Gasteiger partial charge is 0.487 e. The average molecular weight is 577 g/mol. The maximum atomic E-state index is 11.7. The van der Waals surface area contributed by atoms with Crippen LogP contribution < -0.4 is 10.1 Å². The van der Waals surface area contributed by atoms with E-state index in [-0.39, 0.29) is 11.1 Å². The number of ether oxygens (including phenoxy) is 1. The van der Waals surface area contributed by atoms with Gasteiger partial charge in [-0.25, -0.2) is 0 Å². The first-order chi connectivity index (χ1) is 11.9. The molecule has 7 heteroatoms. The fourth-order valence-electron chi connectivity index (χ4n) is 2.21. The van der Waals surface area contributed by atoms with Crippen LogP contribution in [0, 0.1) is 14.1 Å². The van der Waals surface area contributed by atoms with Crippen molar-refractivity contribution in [2.75, 3.05) is 0 Å². The number of carbonyl (C=O) groups excluding carboxylic acids is 2. The number of benzene rings is 2. The summed E-state index contributed by atoms with van der Waals surface area (Å²) in [6.07, 6.45) is 1.72. The summed E-state index contributed by atoms with van der Waals surface area (Å²) < 4.78 is 7.90. The van der Waals surface area contributed by atoms with E-state index in [0.29, 0.717) is 11.5 Å². The van der Waals surface area contributed by atoms with E-state index in [1.165, 1.54) is 5.56 Å². The van der Waals surface area contributed by atoms with Gasteiger partial charge in [-0.15, -0.1) is 0 Å². The molecule has 1 N–H and O–H groups in total. The van der Waals surface area contributed by atoms with Gasteiger partial charge in [0.25, 0.3) is 11.1 Å². The first-order valence-electron chi connectivity index (χ1n) is 7.34. The van der Waals surface area contributed by atoms with Gasteiger partial charge < -0.3 is 4.74 Å². The summed E-state index contributed by atoms with van der Waals surface area (Å²) in [7, 11) is 0. The molecule has 1 aliphatic rings. The molecule has 2 amide bonds. The van der Waals surface area contributed by atoms with Gasteiger partial charge in [-0.1, -0.05) is 29.8 Å². The molecule has 1 saturated heterocycles. The molecule has 2 aromatic rings. The minimum atomic E-state index is -0.347. The Morgan fingerprint density at radius 2 is 1.76 bits per heavy atom. The van der Waals surface area contributed by atoms with Gasteiger partial charge >= 0.3 is 0 Å². The molecule has 0 unspecified atom stereocenters. The normalized spacial score (nSPS) is 15.6. The highest BCUT2D eigenvalue weighted by atomic mass is 127. The van der Waals surface area contributed by atoms with Gasteiger partial charge in [0.15, 0.2) is 0 Å². The van der Waals surface area contributed by atoms with E-state index in [4.69, 9.17) is 4.74 Å². The third kappa shape index (κ3) is 4.76. The lowest BCUT2D eigenvalue weighted by Crippen LogP contribution is -2.17. The summed E-state index contributed by atoms with van der Waals surface area (Å²) in [6, 6.07) is 12.1. The predicted octanol–water partition coefficient (Wildman–Crippen LogP) is 5.11. The average Bonchev–Trinajstić information content (AvgIpc) is 2.86. The topological polar surface area (TPSA) is 55.4 Å². The number of aryl methyl sites for hydroxylation is 1. The highest BCUT2D eigenvalue weighted by molar-refractivity contribution is 14.1. The molecule has 3 rings (SSSR count). The number of hydrogen-bond acceptors (Lipinski definition) is 4. The lowest BCUT2D eigenvalue weighted by atomic mass is 10.1. The smallest absolute Gasteiger partial charge is 0.290 e. The Hall–Kier alpha value is -1.07. The first-order valence-corrected chi connectivity index (χ1v) is 10.3. The van der Waals surface area contributed by atoms with Crippen molar-refractivity contribution in [1.29, 1.82) is 0 Å². The lowest BCUT2D eigenvalue weighted by molar-refractivity contribution is -0.115. The van der Waals surface area contributed by atoms with Crippen molar-refractivity contribution in [3.63, 3.8) is 0 Å². The molecule has 4 nitrogen and oxygen atoms in total. The molecule has 0 atom stereocenters. The van der Waals surface area contributed by atoms with Gasteiger partial charge in [-0.3, -0.25) is 14.9 Å². The second-order valence-corrected chi connectivity index (χ2v) is 8.78. The van der Waals surface area contributed by atoms with Crippen LogP contribution in [0.2, 0.25) is 0 Å². The highest BCUT2D eigenvalue weighted by Gasteiger charge is 2.25. The number of hydrogen-bond donors (Lipinski definition) is 1. The molecule has 25 heavy (non-hydrogen) atoms. The molecule has 0 spiro atoms. The maximum Gasteiger partial charge on any atom is 0.290 e. The fraction of sp³-hybridized carbons (Fsp3) is 0.111. The van der Waals surface area contributed by atoms with Crippen LogP contribution in [-0.2, 0) is 11.4 Å². The van der Waals surface area contributed by atoms with Crippen molar-refractivity contribution in [3.8, 4) is 5.75 Å². The summed E-state index contributed by atoms with van der Waals surface area (Å²) in [5, 5.41) is 1.92. The molecule has 1 aliphatic heterocycles. The molecule has 1 fully saturated rings. The van der Waals surface area contributed by atoms with Crippen LogP contribution in [0.15, 0.2) is 41.3 Å². The van der Waals surface area contributed by atoms with Crippen molar-refractivity contribution >= 4 is 74.2 Å². The van der Waals surface area contributed by atoms with E-state index in [9.17, 15) is 9.59 Å². The number of halogens is 2. The maximum absolute atomic E-state index is 11.7. The molecule has 0 aromatic heterocycles. The van der Waals surface area contributed by atoms with Crippen LogP contribution in [0.1, 0.15) is 16.7 Å². The summed E-state index contributed by atoms with van der Waals surface area (Å²) in [4.78, 5) is 23.3.